The van der Waals surface area contributed by atoms with Crippen LogP contribution in [-0.2, 0) is 0 Å². The van der Waals surface area contributed by atoms with Crippen molar-refractivity contribution in [2.24, 2.45) is 0 Å². The van der Waals surface area contributed by atoms with Crippen LogP contribution in [0.4, 0.5) is 0 Å². The van der Waals surface area contributed by atoms with Crippen LogP contribution in [0.1, 0.15) is 39.5 Å². The first-order chi connectivity index (χ1) is 10.5. The van der Waals surface area contributed by atoms with E-state index in [-0.39, 0.29) is 23.4 Å². The third kappa shape index (κ3) is 2.76. The summed E-state index contributed by atoms with van der Waals surface area (Å²) in [5, 5.41) is 9.81. The van der Waals surface area contributed by atoms with Gasteiger partial charge in [0.2, 0.25) is 0 Å². The number of amides is 1. The maximum atomic E-state index is 12.3. The normalized spacial score (nSPS) is 19.8. The van der Waals surface area contributed by atoms with Crippen molar-refractivity contribution in [3.8, 4) is 0 Å². The summed E-state index contributed by atoms with van der Waals surface area (Å²) in [7, 11) is 0. The van der Waals surface area contributed by atoms with E-state index in [1.165, 1.54) is 0 Å². The molecule has 1 aromatic heterocycles. The lowest BCUT2D eigenvalue weighted by Gasteiger charge is -2.08. The van der Waals surface area contributed by atoms with E-state index in [0.29, 0.717) is 16.3 Å². The number of carbonyl (C=O) groups is 1. The molecular formula is C16H16ClN3O2. The van der Waals surface area contributed by atoms with E-state index in [9.17, 15) is 9.59 Å². The molecule has 1 aliphatic carbocycles. The van der Waals surface area contributed by atoms with Crippen molar-refractivity contribution in [1.82, 2.24) is 15.5 Å². The average Bonchev–Trinajstić information content (AvgIpc) is 3.22. The number of benzene rings is 1. The van der Waals surface area contributed by atoms with Crippen molar-refractivity contribution in [1.29, 1.82) is 0 Å². The van der Waals surface area contributed by atoms with E-state index >= 15 is 0 Å². The van der Waals surface area contributed by atoms with Gasteiger partial charge in [0, 0.05) is 17.0 Å². The van der Waals surface area contributed by atoms with E-state index in [1.54, 1.807) is 13.8 Å². The van der Waals surface area contributed by atoms with Crippen LogP contribution in [0, 0.1) is 13.8 Å². The van der Waals surface area contributed by atoms with Gasteiger partial charge in [0.15, 0.2) is 0 Å². The smallest absolute Gasteiger partial charge is 0.277 e. The number of nitrogens with zero attached hydrogens (tertiary/aromatic N) is 1. The van der Waals surface area contributed by atoms with Gasteiger partial charge in [-0.1, -0.05) is 23.7 Å². The van der Waals surface area contributed by atoms with E-state index in [1.807, 2.05) is 24.3 Å². The summed E-state index contributed by atoms with van der Waals surface area (Å²) in [4.78, 5) is 24.2. The van der Waals surface area contributed by atoms with Crippen LogP contribution in [0.15, 0.2) is 29.1 Å². The average molecular weight is 318 g/mol. The minimum atomic E-state index is -0.458. The van der Waals surface area contributed by atoms with Gasteiger partial charge in [-0.05, 0) is 43.5 Å². The van der Waals surface area contributed by atoms with Crippen LogP contribution in [0.2, 0.25) is 5.02 Å². The Bertz CT molecular complexity index is 800. The first-order valence-electron chi connectivity index (χ1n) is 7.09. The van der Waals surface area contributed by atoms with Crippen molar-refractivity contribution >= 4 is 17.5 Å². The molecule has 1 heterocycles. The van der Waals surface area contributed by atoms with Gasteiger partial charge >= 0.3 is 0 Å². The molecule has 2 atom stereocenters. The van der Waals surface area contributed by atoms with Gasteiger partial charge in [-0.15, -0.1) is 0 Å². The second-order valence-corrected chi connectivity index (χ2v) is 6.05. The molecule has 22 heavy (non-hydrogen) atoms. The number of halogens is 1. The predicted molar refractivity (Wildman–Crippen MR) is 84.4 cm³/mol. The summed E-state index contributed by atoms with van der Waals surface area (Å²) in [6, 6.07) is 7.67. The number of aryl methyl sites for hydroxylation is 1. The van der Waals surface area contributed by atoms with Crippen molar-refractivity contribution in [3.05, 3.63) is 62.0 Å². The van der Waals surface area contributed by atoms with Gasteiger partial charge in [0.25, 0.3) is 11.5 Å². The number of rotatable bonds is 3. The quantitative estimate of drug-likeness (QED) is 0.912. The van der Waals surface area contributed by atoms with Gasteiger partial charge in [0.1, 0.15) is 5.56 Å². The standard InChI is InChI=1S/C16H16ClN3O2/c1-8-9(2)19-20-16(22)14(8)15(21)18-13-7-12(13)10-4-3-5-11(17)6-10/h3-6,12-13H,7H2,1-2H3,(H,18,21)(H,20,22)/t12-,13-/m1/s1. The van der Waals surface area contributed by atoms with Crippen molar-refractivity contribution in [3.63, 3.8) is 0 Å². The fraction of sp³-hybridized carbons (Fsp3) is 0.312. The number of nitrogens with one attached hydrogen (secondary N) is 2. The largest absolute Gasteiger partial charge is 0.348 e. The fourth-order valence-corrected chi connectivity index (χ4v) is 2.80. The molecular weight excluding hydrogens is 302 g/mol. The Balaban J connectivity index is 1.75. The Morgan fingerprint density at radius 2 is 2.18 bits per heavy atom. The molecule has 0 spiro atoms. The van der Waals surface area contributed by atoms with Gasteiger partial charge in [-0.25, -0.2) is 5.10 Å². The first-order valence-corrected chi connectivity index (χ1v) is 7.47. The zero-order chi connectivity index (χ0) is 15.9. The molecule has 2 aromatic rings. The minimum absolute atomic E-state index is 0.0400. The highest BCUT2D eigenvalue weighted by Gasteiger charge is 2.40. The molecule has 114 valence electrons. The summed E-state index contributed by atoms with van der Waals surface area (Å²) in [6.45, 7) is 3.49. The van der Waals surface area contributed by atoms with Crippen molar-refractivity contribution in [2.45, 2.75) is 32.2 Å². The van der Waals surface area contributed by atoms with Gasteiger partial charge in [-0.3, -0.25) is 9.59 Å². The Morgan fingerprint density at radius 3 is 2.91 bits per heavy atom. The minimum Gasteiger partial charge on any atom is -0.348 e. The molecule has 2 N–H and O–H groups in total. The maximum Gasteiger partial charge on any atom is 0.277 e. The molecule has 0 radical (unpaired) electrons. The maximum absolute atomic E-state index is 12.3. The van der Waals surface area contributed by atoms with Gasteiger partial charge in [-0.2, -0.15) is 5.10 Å². The highest BCUT2D eigenvalue weighted by molar-refractivity contribution is 6.30. The van der Waals surface area contributed by atoms with Crippen molar-refractivity contribution in [2.75, 3.05) is 0 Å². The van der Waals surface area contributed by atoms with E-state index < -0.39 is 5.56 Å². The van der Waals surface area contributed by atoms with E-state index in [0.717, 1.165) is 12.0 Å². The van der Waals surface area contributed by atoms with E-state index in [2.05, 4.69) is 15.5 Å². The third-order valence-electron chi connectivity index (χ3n) is 4.08. The number of hydrogen-bond acceptors (Lipinski definition) is 3. The predicted octanol–water partition coefficient (Wildman–Crippen LogP) is 2.33. The van der Waals surface area contributed by atoms with Crippen LogP contribution in [-0.4, -0.2) is 22.1 Å². The molecule has 5 nitrogen and oxygen atoms in total. The Hall–Kier alpha value is -2.14. The van der Waals surface area contributed by atoms with Crippen LogP contribution < -0.4 is 10.9 Å². The second-order valence-electron chi connectivity index (χ2n) is 5.62. The lowest BCUT2D eigenvalue weighted by atomic mass is 10.1. The molecule has 1 saturated carbocycles. The second kappa shape index (κ2) is 5.57. The number of carbonyl (C=O) groups excluding carboxylic acids is 1. The molecule has 1 amide bonds. The lowest BCUT2D eigenvalue weighted by molar-refractivity contribution is 0.0947. The molecule has 1 fully saturated rings. The molecule has 0 unspecified atom stereocenters. The molecule has 0 aliphatic heterocycles. The van der Waals surface area contributed by atoms with Gasteiger partial charge in [0.05, 0.1) is 5.69 Å². The van der Waals surface area contributed by atoms with Crippen LogP contribution in [0.25, 0.3) is 0 Å². The van der Waals surface area contributed by atoms with Crippen molar-refractivity contribution < 1.29 is 4.79 Å². The summed E-state index contributed by atoms with van der Waals surface area (Å²) in [5.74, 6) is -0.0938. The van der Waals surface area contributed by atoms with Gasteiger partial charge < -0.3 is 5.32 Å². The van der Waals surface area contributed by atoms with Crippen LogP contribution in [0.3, 0.4) is 0 Å². The molecule has 3 rings (SSSR count). The molecule has 0 saturated heterocycles. The summed E-state index contributed by atoms with van der Waals surface area (Å²) >= 11 is 5.99. The summed E-state index contributed by atoms with van der Waals surface area (Å²) in [6.07, 6.45) is 0.854. The van der Waals surface area contributed by atoms with Crippen LogP contribution in [0.5, 0.6) is 0 Å². The summed E-state index contributed by atoms with van der Waals surface area (Å²) in [5.41, 5.74) is 2.05. The topological polar surface area (TPSA) is 74.8 Å². The Labute approximate surface area is 132 Å². The molecule has 1 aliphatic rings. The molecule has 1 aromatic carbocycles. The van der Waals surface area contributed by atoms with Crippen LogP contribution >= 0.6 is 11.6 Å². The van der Waals surface area contributed by atoms with E-state index in [4.69, 9.17) is 11.6 Å². The fourth-order valence-electron chi connectivity index (χ4n) is 2.60. The first kappa shape index (κ1) is 14.8. The highest BCUT2D eigenvalue weighted by Crippen LogP contribution is 2.41. The number of aromatic amines is 1. The Kier molecular flexibility index (Phi) is 3.74. The zero-order valence-corrected chi connectivity index (χ0v) is 13.1. The molecule has 0 bridgehead atoms. The number of hydrogen-bond donors (Lipinski definition) is 2. The molecule has 6 heteroatoms. The Morgan fingerprint density at radius 1 is 1.41 bits per heavy atom. The third-order valence-corrected chi connectivity index (χ3v) is 4.32. The number of H-pyrrole nitrogens is 1. The monoisotopic (exact) mass is 317 g/mol. The number of aromatic nitrogens is 2. The lowest BCUT2D eigenvalue weighted by Crippen LogP contribution is -2.33. The highest BCUT2D eigenvalue weighted by atomic mass is 35.5. The SMILES string of the molecule is Cc1n[nH]c(=O)c(C(=O)N[C@@H]2C[C@@H]2c2cccc(Cl)c2)c1C. The zero-order valence-electron chi connectivity index (χ0n) is 12.3. The summed E-state index contributed by atoms with van der Waals surface area (Å²) < 4.78 is 0.